The molecule has 1 atom stereocenters. The molecule has 3 rings (SSSR count). The molecule has 1 fully saturated rings. The Morgan fingerprint density at radius 2 is 1.92 bits per heavy atom. The molecule has 1 aromatic carbocycles. The summed E-state index contributed by atoms with van der Waals surface area (Å²) in [6.07, 6.45) is 1.20. The van der Waals surface area contributed by atoms with Gasteiger partial charge in [0.25, 0.3) is 0 Å². The molecule has 1 aliphatic heterocycles. The fourth-order valence-electron chi connectivity index (χ4n) is 3.48. The Morgan fingerprint density at radius 1 is 1.23 bits per heavy atom. The second-order valence-corrected chi connectivity index (χ2v) is 6.96. The van der Waals surface area contributed by atoms with E-state index in [1.54, 1.807) is 4.90 Å². The topological polar surface area (TPSA) is 62.3 Å². The number of amides is 2. The van der Waals surface area contributed by atoms with E-state index in [0.29, 0.717) is 6.54 Å². The summed E-state index contributed by atoms with van der Waals surface area (Å²) in [5.74, 6) is -0.485. The lowest BCUT2D eigenvalue weighted by molar-refractivity contribution is -0.122. The van der Waals surface area contributed by atoms with Crippen LogP contribution in [0.2, 0.25) is 0 Å². The third kappa shape index (κ3) is 3.62. The van der Waals surface area contributed by atoms with Crippen LogP contribution >= 0.6 is 0 Å². The van der Waals surface area contributed by atoms with Gasteiger partial charge in [0, 0.05) is 24.3 Å². The minimum Gasteiger partial charge on any atom is -0.324 e. The second kappa shape index (κ2) is 7.28. The van der Waals surface area contributed by atoms with E-state index in [0.717, 1.165) is 34.7 Å². The molecule has 5 heteroatoms. The molecule has 0 spiro atoms. The number of aromatic nitrogens is 1. The number of hydrogen-bond acceptors (Lipinski definition) is 3. The number of aryl methyl sites for hydroxylation is 4. The van der Waals surface area contributed by atoms with Crippen molar-refractivity contribution in [3.63, 3.8) is 0 Å². The molecule has 1 aliphatic rings. The highest BCUT2D eigenvalue weighted by Crippen LogP contribution is 2.27. The first-order valence-electron chi connectivity index (χ1n) is 9.04. The first-order chi connectivity index (χ1) is 12.4. The quantitative estimate of drug-likeness (QED) is 0.916. The van der Waals surface area contributed by atoms with Crippen molar-refractivity contribution in [1.29, 1.82) is 0 Å². The van der Waals surface area contributed by atoms with Crippen LogP contribution in [-0.2, 0) is 16.0 Å². The van der Waals surface area contributed by atoms with Crippen LogP contribution in [-0.4, -0.2) is 23.3 Å². The van der Waals surface area contributed by atoms with Crippen LogP contribution in [0.15, 0.2) is 30.3 Å². The Morgan fingerprint density at radius 3 is 2.54 bits per heavy atom. The Bertz CT molecular complexity index is 820. The molecule has 2 aromatic rings. The monoisotopic (exact) mass is 351 g/mol. The van der Waals surface area contributed by atoms with E-state index in [-0.39, 0.29) is 24.2 Å². The number of nitrogens with one attached hydrogen (secondary N) is 1. The predicted molar refractivity (Wildman–Crippen MR) is 103 cm³/mol. The number of carbonyl (C=O) groups is 2. The Kier molecular flexibility index (Phi) is 5.07. The third-order valence-corrected chi connectivity index (χ3v) is 4.93. The van der Waals surface area contributed by atoms with Gasteiger partial charge in [0.1, 0.15) is 0 Å². The summed E-state index contributed by atoms with van der Waals surface area (Å²) in [5.41, 5.74) is 5.54. The van der Waals surface area contributed by atoms with Crippen LogP contribution < -0.4 is 10.2 Å². The summed E-state index contributed by atoms with van der Waals surface area (Å²) in [4.78, 5) is 31.2. The largest absolute Gasteiger partial charge is 0.324 e. The summed E-state index contributed by atoms with van der Waals surface area (Å²) < 4.78 is 0. The summed E-state index contributed by atoms with van der Waals surface area (Å²) in [6.45, 7) is 8.28. The van der Waals surface area contributed by atoms with Crippen LogP contribution in [0.5, 0.6) is 0 Å². The van der Waals surface area contributed by atoms with Crippen molar-refractivity contribution in [3.05, 3.63) is 52.8 Å². The first kappa shape index (κ1) is 18.1. The van der Waals surface area contributed by atoms with Gasteiger partial charge in [-0.05, 0) is 56.5 Å². The zero-order chi connectivity index (χ0) is 18.8. The zero-order valence-electron chi connectivity index (χ0n) is 15.8. The second-order valence-electron chi connectivity index (χ2n) is 6.96. The maximum absolute atomic E-state index is 12.7. The Balaban J connectivity index is 1.73. The number of anilines is 2. The van der Waals surface area contributed by atoms with Crippen molar-refractivity contribution in [2.24, 2.45) is 5.92 Å². The molecule has 2 heterocycles. The average Bonchev–Trinajstić information content (AvgIpc) is 3.00. The molecule has 0 radical (unpaired) electrons. The van der Waals surface area contributed by atoms with Crippen LogP contribution in [0.1, 0.15) is 35.9 Å². The number of rotatable bonds is 4. The maximum Gasteiger partial charge on any atom is 0.229 e. The van der Waals surface area contributed by atoms with E-state index in [2.05, 4.69) is 17.2 Å². The maximum atomic E-state index is 12.7. The standard InChI is InChI=1S/C21H25N3O2/c1-5-16-6-8-18(9-7-16)24-12-17(11-19(24)25)21(26)23-20-13(2)10-14(3)22-15(20)4/h6-10,17H,5,11-12H2,1-4H3,(H,23,26). The van der Waals surface area contributed by atoms with E-state index < -0.39 is 0 Å². The highest BCUT2D eigenvalue weighted by molar-refractivity contribution is 6.03. The van der Waals surface area contributed by atoms with Gasteiger partial charge in [-0.3, -0.25) is 14.6 Å². The van der Waals surface area contributed by atoms with E-state index in [1.807, 2.05) is 51.1 Å². The average molecular weight is 351 g/mol. The van der Waals surface area contributed by atoms with Gasteiger partial charge in [-0.25, -0.2) is 0 Å². The lowest BCUT2D eigenvalue weighted by Gasteiger charge is -2.18. The van der Waals surface area contributed by atoms with Crippen LogP contribution in [0.4, 0.5) is 11.4 Å². The highest BCUT2D eigenvalue weighted by atomic mass is 16.2. The predicted octanol–water partition coefficient (Wildman–Crippen LogP) is 3.56. The molecule has 5 nitrogen and oxygen atoms in total. The Hall–Kier alpha value is -2.69. The van der Waals surface area contributed by atoms with Crippen molar-refractivity contribution in [3.8, 4) is 0 Å². The van der Waals surface area contributed by atoms with E-state index in [9.17, 15) is 9.59 Å². The van der Waals surface area contributed by atoms with Crippen molar-refractivity contribution in [2.75, 3.05) is 16.8 Å². The van der Waals surface area contributed by atoms with E-state index in [1.165, 1.54) is 5.56 Å². The normalized spacial score (nSPS) is 16.8. The zero-order valence-corrected chi connectivity index (χ0v) is 15.8. The molecule has 1 N–H and O–H groups in total. The van der Waals surface area contributed by atoms with E-state index in [4.69, 9.17) is 0 Å². The molecule has 0 bridgehead atoms. The van der Waals surface area contributed by atoms with Crippen LogP contribution in [0, 0.1) is 26.7 Å². The number of pyridine rings is 1. The molecule has 1 saturated heterocycles. The molecule has 136 valence electrons. The summed E-state index contributed by atoms with van der Waals surface area (Å²) in [6, 6.07) is 9.91. The SMILES string of the molecule is CCc1ccc(N2CC(C(=O)Nc3c(C)cc(C)nc3C)CC2=O)cc1. The number of benzene rings is 1. The lowest BCUT2D eigenvalue weighted by atomic mass is 10.1. The molecule has 1 aromatic heterocycles. The number of hydrogen-bond donors (Lipinski definition) is 1. The van der Waals surface area contributed by atoms with Crippen molar-refractivity contribution < 1.29 is 9.59 Å². The van der Waals surface area contributed by atoms with Gasteiger partial charge in [0.15, 0.2) is 0 Å². The molecule has 2 amide bonds. The summed E-state index contributed by atoms with van der Waals surface area (Å²) in [5, 5.41) is 2.98. The van der Waals surface area contributed by atoms with Crippen LogP contribution in [0.25, 0.3) is 0 Å². The molecular formula is C21H25N3O2. The summed E-state index contributed by atoms with van der Waals surface area (Å²) in [7, 11) is 0. The van der Waals surface area contributed by atoms with Crippen molar-refractivity contribution in [2.45, 2.75) is 40.5 Å². The highest BCUT2D eigenvalue weighted by Gasteiger charge is 2.35. The molecule has 0 saturated carbocycles. The number of nitrogens with zero attached hydrogens (tertiary/aromatic N) is 2. The molecule has 1 unspecified atom stereocenters. The lowest BCUT2D eigenvalue weighted by Crippen LogP contribution is -2.28. The molecular weight excluding hydrogens is 326 g/mol. The fraction of sp³-hybridized carbons (Fsp3) is 0.381. The van der Waals surface area contributed by atoms with Gasteiger partial charge in [-0.15, -0.1) is 0 Å². The minimum atomic E-state index is -0.353. The summed E-state index contributed by atoms with van der Waals surface area (Å²) >= 11 is 0. The van der Waals surface area contributed by atoms with E-state index >= 15 is 0 Å². The van der Waals surface area contributed by atoms with Gasteiger partial charge >= 0.3 is 0 Å². The fourth-order valence-corrected chi connectivity index (χ4v) is 3.48. The van der Waals surface area contributed by atoms with Gasteiger partial charge in [-0.2, -0.15) is 0 Å². The molecule has 0 aliphatic carbocycles. The van der Waals surface area contributed by atoms with Crippen LogP contribution in [0.3, 0.4) is 0 Å². The third-order valence-electron chi connectivity index (χ3n) is 4.93. The Labute approximate surface area is 154 Å². The van der Waals surface area contributed by atoms with Gasteiger partial charge in [-0.1, -0.05) is 19.1 Å². The first-order valence-corrected chi connectivity index (χ1v) is 9.04. The van der Waals surface area contributed by atoms with Crippen molar-refractivity contribution in [1.82, 2.24) is 4.98 Å². The minimum absolute atomic E-state index is 0.00938. The molecule has 26 heavy (non-hydrogen) atoms. The smallest absolute Gasteiger partial charge is 0.229 e. The van der Waals surface area contributed by atoms with Crippen molar-refractivity contribution >= 4 is 23.2 Å². The van der Waals surface area contributed by atoms with Gasteiger partial charge in [0.2, 0.25) is 11.8 Å². The van der Waals surface area contributed by atoms with Gasteiger partial charge in [0.05, 0.1) is 17.3 Å². The number of carbonyl (C=O) groups excluding carboxylic acids is 2. The van der Waals surface area contributed by atoms with Gasteiger partial charge < -0.3 is 10.2 Å².